The third kappa shape index (κ3) is 2.86. The average molecular weight is 216 g/mol. The van der Waals surface area contributed by atoms with Crippen molar-refractivity contribution in [2.75, 3.05) is 44.8 Å². The highest BCUT2D eigenvalue weighted by atomic mass is 32.2. The van der Waals surface area contributed by atoms with Crippen LogP contribution in [-0.4, -0.2) is 61.8 Å². The molecule has 2 atom stereocenters. The minimum Gasteiger partial charge on any atom is -0.380 e. The summed E-state index contributed by atoms with van der Waals surface area (Å²) in [6.07, 6.45) is 1.68. The summed E-state index contributed by atoms with van der Waals surface area (Å²) in [7, 11) is 1.82. The number of nitrogens with one attached hydrogen (secondary N) is 1. The molecule has 0 radical (unpaired) electrons. The minimum atomic E-state index is 0.478. The maximum Gasteiger partial charge on any atom is 0.0710 e. The standard InChI is InChI=1S/C10H20N2OS/c1-13-10-2-4-12(7-10)6-9-8-14-5-3-11-9/h9-11H,2-8H2,1H3. The fourth-order valence-corrected chi connectivity index (χ4v) is 3.14. The predicted octanol–water partition coefficient (Wildman–Crippen LogP) is 0.412. The van der Waals surface area contributed by atoms with Crippen LogP contribution >= 0.6 is 11.8 Å². The van der Waals surface area contributed by atoms with Gasteiger partial charge in [0.2, 0.25) is 0 Å². The lowest BCUT2D eigenvalue weighted by atomic mass is 10.3. The molecule has 1 N–H and O–H groups in total. The topological polar surface area (TPSA) is 24.5 Å². The zero-order valence-corrected chi connectivity index (χ0v) is 9.68. The first-order valence-corrected chi connectivity index (χ1v) is 6.60. The van der Waals surface area contributed by atoms with Gasteiger partial charge in [0.1, 0.15) is 0 Å². The Bertz CT molecular complexity index is 174. The van der Waals surface area contributed by atoms with Gasteiger partial charge < -0.3 is 10.1 Å². The molecule has 2 rings (SSSR count). The number of hydrogen-bond donors (Lipinski definition) is 1. The van der Waals surface area contributed by atoms with Crippen LogP contribution < -0.4 is 5.32 Å². The Hall–Kier alpha value is 0.230. The highest BCUT2D eigenvalue weighted by Crippen LogP contribution is 2.14. The lowest BCUT2D eigenvalue weighted by Gasteiger charge is -2.27. The van der Waals surface area contributed by atoms with E-state index in [4.69, 9.17) is 4.74 Å². The van der Waals surface area contributed by atoms with Crippen molar-refractivity contribution in [3.05, 3.63) is 0 Å². The highest BCUT2D eigenvalue weighted by Gasteiger charge is 2.24. The van der Waals surface area contributed by atoms with Crippen LogP contribution in [0.2, 0.25) is 0 Å². The molecule has 14 heavy (non-hydrogen) atoms. The van der Waals surface area contributed by atoms with E-state index in [1.54, 1.807) is 0 Å². The molecular formula is C10H20N2OS. The molecule has 0 aliphatic carbocycles. The van der Waals surface area contributed by atoms with Crippen LogP contribution in [0.25, 0.3) is 0 Å². The van der Waals surface area contributed by atoms with Crippen molar-refractivity contribution in [3.8, 4) is 0 Å². The molecule has 0 bridgehead atoms. The third-order valence-corrected chi connectivity index (χ3v) is 4.17. The van der Waals surface area contributed by atoms with Gasteiger partial charge in [-0.3, -0.25) is 4.90 Å². The zero-order valence-electron chi connectivity index (χ0n) is 8.87. The quantitative estimate of drug-likeness (QED) is 0.738. The second-order valence-electron chi connectivity index (χ2n) is 4.13. The molecule has 0 amide bonds. The van der Waals surface area contributed by atoms with Gasteiger partial charge in [-0.05, 0) is 6.42 Å². The van der Waals surface area contributed by atoms with E-state index in [1.807, 2.05) is 7.11 Å². The van der Waals surface area contributed by atoms with Crippen LogP contribution in [0.15, 0.2) is 0 Å². The molecule has 2 heterocycles. The maximum atomic E-state index is 5.36. The second kappa shape index (κ2) is 5.35. The number of thioether (sulfide) groups is 1. The maximum absolute atomic E-state index is 5.36. The summed E-state index contributed by atoms with van der Waals surface area (Å²) in [4.78, 5) is 2.53. The number of rotatable bonds is 3. The number of hydrogen-bond acceptors (Lipinski definition) is 4. The molecule has 0 spiro atoms. The molecule has 2 saturated heterocycles. The summed E-state index contributed by atoms with van der Waals surface area (Å²) in [5.41, 5.74) is 0. The predicted molar refractivity (Wildman–Crippen MR) is 61.0 cm³/mol. The van der Waals surface area contributed by atoms with Gasteiger partial charge in [-0.1, -0.05) is 0 Å². The molecule has 0 saturated carbocycles. The molecule has 2 aliphatic heterocycles. The molecule has 3 nitrogen and oxygen atoms in total. The first kappa shape index (κ1) is 10.7. The van der Waals surface area contributed by atoms with Crippen LogP contribution in [0.1, 0.15) is 6.42 Å². The van der Waals surface area contributed by atoms with Crippen LogP contribution in [0.5, 0.6) is 0 Å². The summed E-state index contributed by atoms with van der Waals surface area (Å²) >= 11 is 2.07. The van der Waals surface area contributed by atoms with Crippen molar-refractivity contribution < 1.29 is 4.74 Å². The fourth-order valence-electron chi connectivity index (χ4n) is 2.20. The van der Waals surface area contributed by atoms with Crippen molar-refractivity contribution >= 4 is 11.8 Å². The lowest BCUT2D eigenvalue weighted by Crippen LogP contribution is -2.45. The Balaban J connectivity index is 1.69. The highest BCUT2D eigenvalue weighted by molar-refractivity contribution is 7.99. The molecule has 0 aromatic rings. The molecule has 2 unspecified atom stereocenters. The van der Waals surface area contributed by atoms with Crippen molar-refractivity contribution in [2.24, 2.45) is 0 Å². The Labute approximate surface area is 90.6 Å². The van der Waals surface area contributed by atoms with E-state index in [0.29, 0.717) is 12.1 Å². The number of ether oxygens (including phenoxy) is 1. The van der Waals surface area contributed by atoms with Gasteiger partial charge in [0.05, 0.1) is 6.10 Å². The van der Waals surface area contributed by atoms with E-state index >= 15 is 0 Å². The third-order valence-electron chi connectivity index (χ3n) is 3.04. The summed E-state index contributed by atoms with van der Waals surface area (Å²) in [6, 6.07) is 0.698. The first-order valence-electron chi connectivity index (χ1n) is 5.45. The first-order chi connectivity index (χ1) is 6.88. The molecule has 4 heteroatoms. The largest absolute Gasteiger partial charge is 0.380 e. The van der Waals surface area contributed by atoms with Gasteiger partial charge >= 0.3 is 0 Å². The van der Waals surface area contributed by atoms with Gasteiger partial charge in [0.15, 0.2) is 0 Å². The minimum absolute atomic E-state index is 0.478. The second-order valence-corrected chi connectivity index (χ2v) is 5.28. The van der Waals surface area contributed by atoms with E-state index < -0.39 is 0 Å². The molecule has 82 valence electrons. The van der Waals surface area contributed by atoms with Crippen molar-refractivity contribution in [2.45, 2.75) is 18.6 Å². The van der Waals surface area contributed by atoms with Gasteiger partial charge in [0, 0.05) is 50.8 Å². The fraction of sp³-hybridized carbons (Fsp3) is 1.00. The van der Waals surface area contributed by atoms with Crippen LogP contribution in [0, 0.1) is 0 Å². The Kier molecular flexibility index (Phi) is 4.10. The summed E-state index contributed by atoms with van der Waals surface area (Å²) in [5.74, 6) is 2.55. The summed E-state index contributed by atoms with van der Waals surface area (Å²) in [6.45, 7) is 4.71. The van der Waals surface area contributed by atoms with Crippen LogP contribution in [0.3, 0.4) is 0 Å². The van der Waals surface area contributed by atoms with Crippen molar-refractivity contribution in [1.82, 2.24) is 10.2 Å². The Morgan fingerprint density at radius 3 is 3.14 bits per heavy atom. The molecule has 2 aliphatic rings. The summed E-state index contributed by atoms with van der Waals surface area (Å²) < 4.78 is 5.36. The van der Waals surface area contributed by atoms with E-state index in [1.165, 1.54) is 37.6 Å². The van der Waals surface area contributed by atoms with E-state index in [9.17, 15) is 0 Å². The Morgan fingerprint density at radius 1 is 1.57 bits per heavy atom. The average Bonchev–Trinajstić information content (AvgIpc) is 2.67. The van der Waals surface area contributed by atoms with E-state index in [-0.39, 0.29) is 0 Å². The van der Waals surface area contributed by atoms with Gasteiger partial charge in [-0.25, -0.2) is 0 Å². The smallest absolute Gasteiger partial charge is 0.0710 e. The molecule has 0 aromatic carbocycles. The number of likely N-dealkylation sites (tertiary alicyclic amines) is 1. The van der Waals surface area contributed by atoms with Gasteiger partial charge in [-0.15, -0.1) is 0 Å². The van der Waals surface area contributed by atoms with Crippen molar-refractivity contribution in [1.29, 1.82) is 0 Å². The van der Waals surface area contributed by atoms with E-state index in [2.05, 4.69) is 22.0 Å². The normalized spacial score (nSPS) is 34.9. The van der Waals surface area contributed by atoms with Gasteiger partial charge in [-0.2, -0.15) is 11.8 Å². The SMILES string of the molecule is COC1CCN(CC2CSCCN2)C1. The lowest BCUT2D eigenvalue weighted by molar-refractivity contribution is 0.107. The van der Waals surface area contributed by atoms with E-state index in [0.717, 1.165) is 6.54 Å². The monoisotopic (exact) mass is 216 g/mol. The van der Waals surface area contributed by atoms with Gasteiger partial charge in [0.25, 0.3) is 0 Å². The number of nitrogens with zero attached hydrogens (tertiary/aromatic N) is 1. The summed E-state index contributed by atoms with van der Waals surface area (Å²) in [5, 5.41) is 3.58. The van der Waals surface area contributed by atoms with Crippen LogP contribution in [0.4, 0.5) is 0 Å². The molecular weight excluding hydrogens is 196 g/mol. The molecule has 2 fully saturated rings. The molecule has 0 aromatic heterocycles. The van der Waals surface area contributed by atoms with Crippen LogP contribution in [-0.2, 0) is 4.74 Å². The van der Waals surface area contributed by atoms with Crippen molar-refractivity contribution in [3.63, 3.8) is 0 Å². The number of methoxy groups -OCH3 is 1. The Morgan fingerprint density at radius 2 is 2.50 bits per heavy atom. The zero-order chi connectivity index (χ0) is 9.80.